The molecule has 1 rings (SSSR count). The van der Waals surface area contributed by atoms with Crippen LogP contribution in [0.25, 0.3) is 4.85 Å². The maximum atomic E-state index is 10.7. The molecule has 14 heavy (non-hydrogen) atoms. The van der Waals surface area contributed by atoms with Crippen molar-refractivity contribution >= 4 is 21.6 Å². The third-order valence-electron chi connectivity index (χ3n) is 1.83. The monoisotopic (exact) mass is 254 g/mol. The summed E-state index contributed by atoms with van der Waals surface area (Å²) in [4.78, 5) is 13.5. The smallest absolute Gasteiger partial charge is 0.281 e. The number of hydrogen-bond acceptors (Lipinski definition) is 2. The first-order valence-electron chi connectivity index (χ1n) is 3.86. The van der Waals surface area contributed by atoms with Crippen molar-refractivity contribution in [3.05, 3.63) is 49.8 Å². The van der Waals surface area contributed by atoms with Crippen LogP contribution in [0.4, 0.5) is 5.69 Å². The van der Waals surface area contributed by atoms with Gasteiger partial charge in [-0.3, -0.25) is 10.1 Å². The van der Waals surface area contributed by atoms with Crippen molar-refractivity contribution in [3.8, 4) is 0 Å². The molecule has 0 aliphatic heterocycles. The van der Waals surface area contributed by atoms with Gasteiger partial charge >= 0.3 is 0 Å². The number of rotatable bonds is 2. The van der Waals surface area contributed by atoms with Crippen LogP contribution in [0.1, 0.15) is 18.5 Å². The summed E-state index contributed by atoms with van der Waals surface area (Å²) in [6, 6.07) is 4.23. The van der Waals surface area contributed by atoms with Gasteiger partial charge in [0.05, 0.1) is 4.92 Å². The third-order valence-corrected chi connectivity index (χ3v) is 2.33. The lowest BCUT2D eigenvalue weighted by Gasteiger charge is -2.01. The van der Waals surface area contributed by atoms with Crippen LogP contribution in [0.5, 0.6) is 0 Å². The molecular formula is C9H7BrN2O2. The van der Waals surface area contributed by atoms with Crippen LogP contribution >= 0.6 is 15.9 Å². The van der Waals surface area contributed by atoms with Gasteiger partial charge in [0.1, 0.15) is 5.56 Å². The molecule has 0 heterocycles. The lowest BCUT2D eigenvalue weighted by Crippen LogP contribution is -1.96. The Bertz CT molecular complexity index is 412. The Morgan fingerprint density at radius 2 is 2.29 bits per heavy atom. The predicted octanol–water partition coefficient (Wildman–Crippen LogP) is 3.34. The first kappa shape index (κ1) is 10.7. The SMILES string of the molecule is [C-]#[N+]C(C)c1ccc(Br)cc1[N+](=O)[O-]. The molecule has 1 aromatic rings. The molecule has 72 valence electrons. The summed E-state index contributed by atoms with van der Waals surface area (Å²) >= 11 is 3.15. The summed E-state index contributed by atoms with van der Waals surface area (Å²) in [6.45, 7) is 8.47. The fraction of sp³-hybridized carbons (Fsp3) is 0.222. The van der Waals surface area contributed by atoms with E-state index in [2.05, 4.69) is 20.8 Å². The van der Waals surface area contributed by atoms with Crippen LogP contribution in [-0.4, -0.2) is 4.92 Å². The molecule has 1 aromatic carbocycles. The quantitative estimate of drug-likeness (QED) is 0.462. The molecule has 0 radical (unpaired) electrons. The van der Waals surface area contributed by atoms with Crippen LogP contribution in [0, 0.1) is 16.7 Å². The molecule has 5 heteroatoms. The van der Waals surface area contributed by atoms with Crippen LogP contribution in [0.15, 0.2) is 22.7 Å². The molecule has 0 N–H and O–H groups in total. The van der Waals surface area contributed by atoms with E-state index in [9.17, 15) is 10.1 Å². The zero-order valence-electron chi connectivity index (χ0n) is 7.40. The second kappa shape index (κ2) is 4.20. The lowest BCUT2D eigenvalue weighted by atomic mass is 10.1. The summed E-state index contributed by atoms with van der Waals surface area (Å²) in [6.07, 6.45) is 0. The zero-order chi connectivity index (χ0) is 10.7. The first-order chi connectivity index (χ1) is 6.56. The van der Waals surface area contributed by atoms with E-state index in [0.717, 1.165) is 0 Å². The number of nitro groups is 1. The van der Waals surface area contributed by atoms with Crippen molar-refractivity contribution in [3.63, 3.8) is 0 Å². The van der Waals surface area contributed by atoms with Crippen molar-refractivity contribution in [2.24, 2.45) is 0 Å². The maximum Gasteiger partial charge on any atom is 0.281 e. The molecule has 0 aromatic heterocycles. The van der Waals surface area contributed by atoms with Gasteiger partial charge in [-0.15, -0.1) is 0 Å². The standard InChI is InChI=1S/C9H7BrN2O2/c1-6(11-2)8-4-3-7(10)5-9(8)12(13)14/h3-6H,1H3. The molecule has 1 atom stereocenters. The summed E-state index contributed by atoms with van der Waals surface area (Å²) in [7, 11) is 0. The average molecular weight is 255 g/mol. The van der Waals surface area contributed by atoms with E-state index in [1.807, 2.05) is 0 Å². The highest BCUT2D eigenvalue weighted by Gasteiger charge is 2.22. The Kier molecular flexibility index (Phi) is 3.20. The molecule has 0 amide bonds. The summed E-state index contributed by atoms with van der Waals surface area (Å²) in [5.41, 5.74) is 0.441. The van der Waals surface area contributed by atoms with Gasteiger partial charge in [-0.25, -0.2) is 6.57 Å². The van der Waals surface area contributed by atoms with Crippen molar-refractivity contribution in [2.75, 3.05) is 0 Å². The Balaban J connectivity index is 3.30. The Hall–Kier alpha value is -1.41. The molecule has 0 aliphatic rings. The predicted molar refractivity (Wildman–Crippen MR) is 55.8 cm³/mol. The third kappa shape index (κ3) is 2.09. The molecule has 0 saturated carbocycles. The molecule has 4 nitrogen and oxygen atoms in total. The van der Waals surface area contributed by atoms with Crippen molar-refractivity contribution in [1.29, 1.82) is 0 Å². The zero-order valence-corrected chi connectivity index (χ0v) is 8.98. The Labute approximate surface area is 89.6 Å². The maximum absolute atomic E-state index is 10.7. The molecule has 0 saturated heterocycles. The van der Waals surface area contributed by atoms with Crippen molar-refractivity contribution < 1.29 is 4.92 Å². The topological polar surface area (TPSA) is 47.5 Å². The van der Waals surface area contributed by atoms with Crippen molar-refractivity contribution in [2.45, 2.75) is 13.0 Å². The van der Waals surface area contributed by atoms with Gasteiger partial charge < -0.3 is 4.85 Å². The number of hydrogen-bond donors (Lipinski definition) is 0. The van der Waals surface area contributed by atoms with Crippen LogP contribution in [-0.2, 0) is 0 Å². The average Bonchev–Trinajstić information content (AvgIpc) is 2.16. The highest BCUT2D eigenvalue weighted by atomic mass is 79.9. The van der Waals surface area contributed by atoms with E-state index in [0.29, 0.717) is 10.0 Å². The van der Waals surface area contributed by atoms with Gasteiger partial charge in [-0.1, -0.05) is 15.9 Å². The molecule has 0 spiro atoms. The second-order valence-electron chi connectivity index (χ2n) is 2.77. The summed E-state index contributed by atoms with van der Waals surface area (Å²) < 4.78 is 0.644. The Morgan fingerprint density at radius 1 is 1.64 bits per heavy atom. The van der Waals surface area contributed by atoms with Crippen molar-refractivity contribution in [1.82, 2.24) is 0 Å². The van der Waals surface area contributed by atoms with Gasteiger partial charge in [0, 0.05) is 17.5 Å². The van der Waals surface area contributed by atoms with Gasteiger partial charge in [-0.2, -0.15) is 0 Å². The Morgan fingerprint density at radius 3 is 2.79 bits per heavy atom. The fourth-order valence-corrected chi connectivity index (χ4v) is 1.45. The number of nitrogens with zero attached hydrogens (tertiary/aromatic N) is 2. The van der Waals surface area contributed by atoms with Crippen LogP contribution < -0.4 is 0 Å². The number of halogens is 1. The molecule has 0 bridgehead atoms. The first-order valence-corrected chi connectivity index (χ1v) is 4.66. The van der Waals surface area contributed by atoms with Crippen LogP contribution in [0.2, 0.25) is 0 Å². The second-order valence-corrected chi connectivity index (χ2v) is 3.68. The summed E-state index contributed by atoms with van der Waals surface area (Å²) in [5, 5.41) is 10.7. The molecular weight excluding hydrogens is 248 g/mol. The lowest BCUT2D eigenvalue weighted by molar-refractivity contribution is -0.385. The van der Waals surface area contributed by atoms with Crippen LogP contribution in [0.3, 0.4) is 0 Å². The minimum Gasteiger partial charge on any atom is -0.309 e. The van der Waals surface area contributed by atoms with E-state index < -0.39 is 11.0 Å². The minimum absolute atomic E-state index is 0.0112. The van der Waals surface area contributed by atoms with Gasteiger partial charge in [0.2, 0.25) is 0 Å². The van der Waals surface area contributed by atoms with E-state index in [4.69, 9.17) is 6.57 Å². The number of nitro benzene ring substituents is 1. The molecule has 0 fully saturated rings. The van der Waals surface area contributed by atoms with E-state index in [1.54, 1.807) is 19.1 Å². The van der Waals surface area contributed by atoms with Gasteiger partial charge in [-0.05, 0) is 12.1 Å². The highest BCUT2D eigenvalue weighted by Crippen LogP contribution is 2.29. The van der Waals surface area contributed by atoms with Gasteiger partial charge in [0.25, 0.3) is 11.7 Å². The highest BCUT2D eigenvalue weighted by molar-refractivity contribution is 9.10. The van der Waals surface area contributed by atoms with Gasteiger partial charge in [0.15, 0.2) is 0 Å². The summed E-state index contributed by atoms with van der Waals surface area (Å²) in [5.74, 6) is 0. The van der Waals surface area contributed by atoms with E-state index in [-0.39, 0.29) is 5.69 Å². The normalized spacial score (nSPS) is 11.8. The number of benzene rings is 1. The van der Waals surface area contributed by atoms with E-state index >= 15 is 0 Å². The van der Waals surface area contributed by atoms with E-state index in [1.165, 1.54) is 6.07 Å². The molecule has 0 aliphatic carbocycles. The fourth-order valence-electron chi connectivity index (χ4n) is 1.10. The molecule has 1 unspecified atom stereocenters. The largest absolute Gasteiger partial charge is 0.309 e. The minimum atomic E-state index is -0.483.